The Balaban J connectivity index is 0.666. The van der Waals surface area contributed by atoms with Crippen molar-refractivity contribution in [1.29, 1.82) is 5.26 Å². The number of nitrogens with two attached hydrogens (primary N) is 1. The molecule has 22 heteroatoms. The van der Waals surface area contributed by atoms with Crippen molar-refractivity contribution in [2.45, 2.75) is 78.2 Å². The third kappa shape index (κ3) is 15.2. The van der Waals surface area contributed by atoms with Crippen molar-refractivity contribution >= 4 is 52.6 Å². The predicted octanol–water partition coefficient (Wildman–Crippen LogP) is 7.83. The Kier molecular flexibility index (Phi) is 19.6. The van der Waals surface area contributed by atoms with Crippen molar-refractivity contribution in [1.82, 2.24) is 60.8 Å². The van der Waals surface area contributed by atoms with E-state index in [1.807, 2.05) is 74.5 Å². The summed E-state index contributed by atoms with van der Waals surface area (Å²) in [7, 11) is 1.41. The second kappa shape index (κ2) is 27.9. The fraction of sp³-hybridized carbons (Fsp3) is 0.279. The SMILES string of the molecule is COC(=O)[C@@H]1CCCCN1Cc1ccc(C(=O)Nc2cccc(-c3cccc(NC(=O)c4ccc(CNCCNC(=O)CCCNCc5cccc(Cn6cc(-c7cc(-c8cccc(C#N)c8C)nc(N)n7)nn6)n5)cn4)c3C)c2Cl)nc1. The Labute approximate surface area is 485 Å². The van der Waals surface area contributed by atoms with E-state index in [0.717, 1.165) is 70.6 Å². The van der Waals surface area contributed by atoms with E-state index in [4.69, 9.17) is 27.1 Å². The molecule has 1 aliphatic heterocycles. The Hall–Kier alpha value is -9.33. The van der Waals surface area contributed by atoms with Crippen molar-refractivity contribution in [3.05, 3.63) is 177 Å². The molecule has 8 aromatic rings. The summed E-state index contributed by atoms with van der Waals surface area (Å²) >= 11 is 6.95. The molecule has 0 radical (unpaired) electrons. The van der Waals surface area contributed by atoms with Crippen LogP contribution in [-0.2, 0) is 40.5 Å². The molecule has 5 aromatic heterocycles. The van der Waals surface area contributed by atoms with Crippen molar-refractivity contribution in [3.8, 4) is 39.8 Å². The third-order valence-corrected chi connectivity index (χ3v) is 14.6. The number of nitrogen functional groups attached to an aromatic ring is 1. The van der Waals surface area contributed by atoms with Gasteiger partial charge in [0.15, 0.2) is 0 Å². The summed E-state index contributed by atoms with van der Waals surface area (Å²) in [5.74, 6) is -1.01. The molecule has 9 rings (SSSR count). The van der Waals surface area contributed by atoms with Gasteiger partial charge in [-0.15, -0.1) is 5.10 Å². The number of rotatable bonds is 23. The van der Waals surface area contributed by atoms with Crippen LogP contribution in [0.2, 0.25) is 5.02 Å². The average Bonchev–Trinajstić information content (AvgIpc) is 4.15. The monoisotopic (exact) mass is 1130 g/mol. The normalized spacial score (nSPS) is 13.2. The van der Waals surface area contributed by atoms with Gasteiger partial charge in [0.05, 0.1) is 65.0 Å². The molecule has 1 fully saturated rings. The number of methoxy groups -OCH3 is 1. The number of carbonyl (C=O) groups is 4. The predicted molar refractivity (Wildman–Crippen MR) is 315 cm³/mol. The van der Waals surface area contributed by atoms with Crippen LogP contribution in [0, 0.1) is 25.2 Å². The number of hydrogen-bond acceptors (Lipinski definition) is 17. The highest BCUT2D eigenvalue weighted by Crippen LogP contribution is 2.38. The van der Waals surface area contributed by atoms with Crippen LogP contribution in [-0.4, -0.2) is 108 Å². The molecule has 1 saturated heterocycles. The van der Waals surface area contributed by atoms with Gasteiger partial charge in [0.1, 0.15) is 23.1 Å². The summed E-state index contributed by atoms with van der Waals surface area (Å²) in [6, 6.07) is 32.8. The Bertz CT molecular complexity index is 3660. The topological polar surface area (TPSA) is 286 Å². The molecular weight excluding hydrogens is 1070 g/mol. The Morgan fingerprint density at radius 2 is 1.41 bits per heavy atom. The fourth-order valence-corrected chi connectivity index (χ4v) is 10.0. The first-order valence-electron chi connectivity index (χ1n) is 27.2. The lowest BCUT2D eigenvalue weighted by Gasteiger charge is -2.33. The molecule has 424 valence electrons. The van der Waals surface area contributed by atoms with Crippen LogP contribution in [0.4, 0.5) is 17.3 Å². The number of likely N-dealkylation sites (tertiary alicyclic amines) is 1. The van der Waals surface area contributed by atoms with Crippen LogP contribution < -0.4 is 32.3 Å². The van der Waals surface area contributed by atoms with Crippen LogP contribution in [0.25, 0.3) is 33.8 Å². The number of benzene rings is 3. The number of carbonyl (C=O) groups excluding carboxylic acids is 4. The molecule has 0 aliphatic carbocycles. The molecule has 0 spiro atoms. The van der Waals surface area contributed by atoms with Crippen molar-refractivity contribution in [3.63, 3.8) is 0 Å². The molecule has 3 amide bonds. The van der Waals surface area contributed by atoms with Gasteiger partial charge in [-0.25, -0.2) is 14.6 Å². The van der Waals surface area contributed by atoms with Crippen LogP contribution >= 0.6 is 11.6 Å². The van der Waals surface area contributed by atoms with E-state index in [1.165, 1.54) is 7.11 Å². The van der Waals surface area contributed by atoms with Crippen molar-refractivity contribution in [2.24, 2.45) is 0 Å². The minimum atomic E-state index is -0.428. The number of aromatic nitrogens is 8. The lowest BCUT2D eigenvalue weighted by atomic mass is 9.98. The number of pyridine rings is 3. The van der Waals surface area contributed by atoms with Gasteiger partial charge in [-0.3, -0.25) is 39.0 Å². The minimum absolute atomic E-state index is 0.0400. The molecule has 83 heavy (non-hydrogen) atoms. The number of hydrogen-bond donors (Lipinski definition) is 6. The summed E-state index contributed by atoms with van der Waals surface area (Å²) in [6.07, 6.45) is 8.80. The second-order valence-corrected chi connectivity index (χ2v) is 20.4. The number of piperidine rings is 1. The number of esters is 1. The highest BCUT2D eigenvalue weighted by molar-refractivity contribution is 6.36. The van der Waals surface area contributed by atoms with E-state index in [9.17, 15) is 24.4 Å². The fourth-order valence-electron chi connectivity index (χ4n) is 9.75. The van der Waals surface area contributed by atoms with Gasteiger partial charge in [0.25, 0.3) is 11.8 Å². The molecule has 1 aliphatic rings. The molecule has 6 heterocycles. The first kappa shape index (κ1) is 58.3. The Morgan fingerprint density at radius 3 is 2.17 bits per heavy atom. The summed E-state index contributed by atoms with van der Waals surface area (Å²) in [5.41, 5.74) is 16.9. The maximum atomic E-state index is 13.4. The van der Waals surface area contributed by atoms with Crippen molar-refractivity contribution in [2.75, 3.05) is 49.7 Å². The molecule has 3 aromatic carbocycles. The van der Waals surface area contributed by atoms with Gasteiger partial charge in [-0.2, -0.15) is 5.26 Å². The van der Waals surface area contributed by atoms with E-state index in [2.05, 4.69) is 67.8 Å². The summed E-state index contributed by atoms with van der Waals surface area (Å²) < 4.78 is 6.70. The van der Waals surface area contributed by atoms with Crippen LogP contribution in [0.1, 0.15) is 92.3 Å². The largest absolute Gasteiger partial charge is 0.468 e. The number of nitriles is 1. The smallest absolute Gasteiger partial charge is 0.323 e. The number of anilines is 3. The molecule has 0 unspecified atom stereocenters. The summed E-state index contributed by atoms with van der Waals surface area (Å²) in [6.45, 7) is 8.08. The number of halogens is 1. The van der Waals surface area contributed by atoms with Crippen molar-refractivity contribution < 1.29 is 23.9 Å². The minimum Gasteiger partial charge on any atom is -0.468 e. The highest BCUT2D eigenvalue weighted by atomic mass is 35.5. The lowest BCUT2D eigenvalue weighted by Crippen LogP contribution is -2.44. The molecule has 7 N–H and O–H groups in total. The van der Waals surface area contributed by atoms with E-state index >= 15 is 0 Å². The summed E-state index contributed by atoms with van der Waals surface area (Å²) in [4.78, 5) is 76.2. The first-order valence-corrected chi connectivity index (χ1v) is 27.6. The quantitative estimate of drug-likeness (QED) is 0.0263. The third-order valence-electron chi connectivity index (χ3n) is 14.2. The highest BCUT2D eigenvalue weighted by Gasteiger charge is 2.29. The second-order valence-electron chi connectivity index (χ2n) is 20.0. The lowest BCUT2D eigenvalue weighted by molar-refractivity contribution is -0.148. The van der Waals surface area contributed by atoms with E-state index in [-0.39, 0.29) is 41.2 Å². The number of ether oxygens (including phenoxy) is 1. The number of nitrogens with zero attached hydrogens (tertiary/aromatic N) is 10. The first-order chi connectivity index (χ1) is 40.3. The zero-order valence-electron chi connectivity index (χ0n) is 46.3. The van der Waals surface area contributed by atoms with Crippen LogP contribution in [0.3, 0.4) is 0 Å². The standard InChI is InChI=1S/C61H63ClN16O5/c1-38-42(30-63)11-6-15-46(38)52-29-53(74-61(64)73-52)54-37-78(76-75-54)36-44-13-7-12-43(70-44)34-65-25-10-20-56(79)67-27-26-66-31-40-21-23-50(68-32-40)58(80)71-48-17-8-14-45(39(48)2)47-16-9-18-49(57(47)62)72-59(81)51-24-22-41(33-69-51)35-77-28-5-4-19-55(77)60(82)83-3/h6-9,11-18,21-24,29,32-33,37,55,65-66H,4-5,10,19-20,25-28,31,34-36H2,1-3H3,(H,67,79)(H,71,80)(H,72,81)(H2,64,73,74)/t55-/m0/s1. The summed E-state index contributed by atoms with van der Waals surface area (Å²) in [5, 5.41) is 33.9. The van der Waals surface area contributed by atoms with Gasteiger partial charge in [-0.1, -0.05) is 77.8 Å². The Morgan fingerprint density at radius 1 is 0.723 bits per heavy atom. The maximum absolute atomic E-state index is 13.4. The number of nitrogens with one attached hydrogen (secondary N) is 5. The van der Waals surface area contributed by atoms with Gasteiger partial charge in [0, 0.05) is 68.4 Å². The van der Waals surface area contributed by atoms with E-state index in [1.54, 1.807) is 65.7 Å². The molecular formula is C61H63ClN16O5. The van der Waals surface area contributed by atoms with E-state index < -0.39 is 5.91 Å². The zero-order chi connectivity index (χ0) is 58.2. The van der Waals surface area contributed by atoms with E-state index in [0.29, 0.717) is 103 Å². The molecule has 21 nitrogen and oxygen atoms in total. The van der Waals surface area contributed by atoms with Gasteiger partial charge in [0.2, 0.25) is 11.9 Å². The van der Waals surface area contributed by atoms with Crippen LogP contribution in [0.5, 0.6) is 0 Å². The van der Waals surface area contributed by atoms with Gasteiger partial charge < -0.3 is 37.1 Å². The van der Waals surface area contributed by atoms with Gasteiger partial charge in [-0.05, 0) is 123 Å². The average molecular weight is 1140 g/mol. The molecule has 0 saturated carbocycles. The molecule has 1 atom stereocenters. The van der Waals surface area contributed by atoms with Crippen LogP contribution in [0.15, 0.2) is 122 Å². The zero-order valence-corrected chi connectivity index (χ0v) is 47.0. The molecule has 0 bridgehead atoms. The van der Waals surface area contributed by atoms with Gasteiger partial charge >= 0.3 is 5.97 Å². The number of amides is 3. The maximum Gasteiger partial charge on any atom is 0.323 e.